The summed E-state index contributed by atoms with van der Waals surface area (Å²) in [5.41, 5.74) is 0.788. The smallest absolute Gasteiger partial charge is 0.303 e. The monoisotopic (exact) mass is 290 g/mol. The van der Waals surface area contributed by atoms with E-state index in [2.05, 4.69) is 4.57 Å². The van der Waals surface area contributed by atoms with E-state index in [1.165, 1.54) is 0 Å². The highest BCUT2D eigenvalue weighted by atomic mass is 16.4. The molecule has 0 radical (unpaired) electrons. The maximum atomic E-state index is 12.7. The van der Waals surface area contributed by atoms with Crippen molar-refractivity contribution in [2.24, 2.45) is 5.92 Å². The molecule has 1 aromatic heterocycles. The van der Waals surface area contributed by atoms with Gasteiger partial charge in [-0.05, 0) is 50.2 Å². The largest absolute Gasteiger partial charge is 0.481 e. The molecule has 1 amide bonds. The normalized spacial score (nSPS) is 22.3. The van der Waals surface area contributed by atoms with Gasteiger partial charge in [0.1, 0.15) is 5.69 Å². The molecule has 5 heteroatoms. The summed E-state index contributed by atoms with van der Waals surface area (Å²) >= 11 is 0. The van der Waals surface area contributed by atoms with Crippen molar-refractivity contribution < 1.29 is 14.7 Å². The minimum atomic E-state index is -0.749. The zero-order valence-corrected chi connectivity index (χ0v) is 12.2. The third kappa shape index (κ3) is 3.28. The number of aliphatic carboxylic acids is 1. The van der Waals surface area contributed by atoms with E-state index in [0.29, 0.717) is 24.9 Å². The molecule has 1 unspecified atom stereocenters. The standard InChI is InChI=1S/C16H22N2O3/c19-15(20)8-5-12-3-1-9-17(11-12)16(21)14-4-2-10-18(14)13-6-7-13/h2,4,10,12-13H,1,3,5-9,11H2,(H,19,20). The number of hydrogen-bond acceptors (Lipinski definition) is 2. The Morgan fingerprint density at radius 3 is 2.81 bits per heavy atom. The lowest BCUT2D eigenvalue weighted by molar-refractivity contribution is -0.137. The molecule has 1 aliphatic heterocycles. The van der Waals surface area contributed by atoms with Crippen molar-refractivity contribution in [3.8, 4) is 0 Å². The van der Waals surface area contributed by atoms with Gasteiger partial charge < -0.3 is 14.6 Å². The van der Waals surface area contributed by atoms with Gasteiger partial charge in [-0.25, -0.2) is 0 Å². The molecule has 1 atom stereocenters. The number of nitrogens with zero attached hydrogens (tertiary/aromatic N) is 2. The number of carboxylic acid groups (broad SMARTS) is 1. The van der Waals surface area contributed by atoms with Gasteiger partial charge in [-0.15, -0.1) is 0 Å². The average Bonchev–Trinajstić information content (AvgIpc) is 3.22. The van der Waals surface area contributed by atoms with Gasteiger partial charge in [0.15, 0.2) is 0 Å². The van der Waals surface area contributed by atoms with Crippen LogP contribution in [0.4, 0.5) is 0 Å². The van der Waals surface area contributed by atoms with Crippen LogP contribution in [-0.4, -0.2) is 39.5 Å². The summed E-state index contributed by atoms with van der Waals surface area (Å²) in [6, 6.07) is 4.35. The highest BCUT2D eigenvalue weighted by Gasteiger charge is 2.30. The fraction of sp³-hybridized carbons (Fsp3) is 0.625. The van der Waals surface area contributed by atoms with Crippen molar-refractivity contribution in [1.82, 2.24) is 9.47 Å². The molecule has 3 rings (SSSR count). The Balaban J connectivity index is 1.63. The first-order valence-corrected chi connectivity index (χ1v) is 7.83. The maximum Gasteiger partial charge on any atom is 0.303 e. The number of rotatable bonds is 5. The average molecular weight is 290 g/mol. The van der Waals surface area contributed by atoms with Gasteiger partial charge in [0.2, 0.25) is 0 Å². The zero-order chi connectivity index (χ0) is 14.8. The van der Waals surface area contributed by atoms with Crippen LogP contribution < -0.4 is 0 Å². The third-order valence-corrected chi connectivity index (χ3v) is 4.51. The fourth-order valence-corrected chi connectivity index (χ4v) is 3.22. The van der Waals surface area contributed by atoms with Crippen LogP contribution >= 0.6 is 0 Å². The van der Waals surface area contributed by atoms with E-state index in [1.807, 2.05) is 23.2 Å². The first-order valence-electron chi connectivity index (χ1n) is 7.83. The molecule has 1 N–H and O–H groups in total. The molecule has 2 aliphatic rings. The summed E-state index contributed by atoms with van der Waals surface area (Å²) in [5.74, 6) is -0.323. The Kier molecular flexibility index (Phi) is 3.99. The molecule has 0 bridgehead atoms. The molecule has 21 heavy (non-hydrogen) atoms. The number of amides is 1. The van der Waals surface area contributed by atoms with Crippen molar-refractivity contribution in [3.63, 3.8) is 0 Å². The van der Waals surface area contributed by atoms with E-state index in [1.54, 1.807) is 0 Å². The van der Waals surface area contributed by atoms with Crippen LogP contribution in [0, 0.1) is 5.92 Å². The van der Waals surface area contributed by atoms with E-state index < -0.39 is 5.97 Å². The molecule has 1 saturated heterocycles. The number of carbonyl (C=O) groups is 2. The first-order chi connectivity index (χ1) is 10.1. The van der Waals surface area contributed by atoms with Crippen LogP contribution in [0.25, 0.3) is 0 Å². The van der Waals surface area contributed by atoms with Gasteiger partial charge >= 0.3 is 5.97 Å². The molecule has 114 valence electrons. The molecule has 1 aliphatic carbocycles. The lowest BCUT2D eigenvalue weighted by Crippen LogP contribution is -2.40. The molecule has 2 fully saturated rings. The minimum absolute atomic E-state index is 0.104. The number of aromatic nitrogens is 1. The Bertz CT molecular complexity index is 533. The molecule has 2 heterocycles. The lowest BCUT2D eigenvalue weighted by atomic mass is 9.93. The maximum absolute atomic E-state index is 12.7. The second kappa shape index (κ2) is 5.92. The summed E-state index contributed by atoms with van der Waals surface area (Å²) in [7, 11) is 0. The second-order valence-electron chi connectivity index (χ2n) is 6.22. The van der Waals surface area contributed by atoms with Gasteiger partial charge in [0.05, 0.1) is 0 Å². The van der Waals surface area contributed by atoms with Crippen LogP contribution in [0.15, 0.2) is 18.3 Å². The Morgan fingerprint density at radius 1 is 1.29 bits per heavy atom. The van der Waals surface area contributed by atoms with Crippen LogP contribution in [0.1, 0.15) is 55.1 Å². The molecule has 1 aromatic rings. The lowest BCUT2D eigenvalue weighted by Gasteiger charge is -2.32. The number of carboxylic acids is 1. The third-order valence-electron chi connectivity index (χ3n) is 4.51. The second-order valence-corrected chi connectivity index (χ2v) is 6.22. The molecule has 1 saturated carbocycles. The topological polar surface area (TPSA) is 62.5 Å². The van der Waals surface area contributed by atoms with Crippen LogP contribution in [0.5, 0.6) is 0 Å². The van der Waals surface area contributed by atoms with Gasteiger partial charge in [-0.3, -0.25) is 9.59 Å². The fourth-order valence-electron chi connectivity index (χ4n) is 3.22. The zero-order valence-electron chi connectivity index (χ0n) is 12.2. The van der Waals surface area contributed by atoms with Gasteiger partial charge in [-0.1, -0.05) is 0 Å². The van der Waals surface area contributed by atoms with Crippen molar-refractivity contribution in [3.05, 3.63) is 24.0 Å². The highest BCUT2D eigenvalue weighted by Crippen LogP contribution is 2.36. The molecular formula is C16H22N2O3. The first kappa shape index (κ1) is 14.2. The van der Waals surface area contributed by atoms with Crippen LogP contribution in [-0.2, 0) is 4.79 Å². The summed E-state index contributed by atoms with van der Waals surface area (Å²) in [6.45, 7) is 1.49. The van der Waals surface area contributed by atoms with E-state index >= 15 is 0 Å². The molecule has 5 nitrogen and oxygen atoms in total. The van der Waals surface area contributed by atoms with Crippen molar-refractivity contribution >= 4 is 11.9 Å². The summed E-state index contributed by atoms with van der Waals surface area (Å²) in [6.07, 6.45) is 7.19. The van der Waals surface area contributed by atoms with Gasteiger partial charge in [0, 0.05) is 31.7 Å². The number of hydrogen-bond donors (Lipinski definition) is 1. The number of carbonyl (C=O) groups excluding carboxylic acids is 1. The summed E-state index contributed by atoms with van der Waals surface area (Å²) in [4.78, 5) is 25.3. The Morgan fingerprint density at radius 2 is 2.10 bits per heavy atom. The van der Waals surface area contributed by atoms with E-state index in [-0.39, 0.29) is 12.3 Å². The van der Waals surface area contributed by atoms with Gasteiger partial charge in [0.25, 0.3) is 5.91 Å². The highest BCUT2D eigenvalue weighted by molar-refractivity contribution is 5.93. The van der Waals surface area contributed by atoms with Crippen molar-refractivity contribution in [1.29, 1.82) is 0 Å². The molecule has 0 spiro atoms. The predicted octanol–water partition coefficient (Wildman–Crippen LogP) is 2.54. The number of likely N-dealkylation sites (tertiary alicyclic amines) is 1. The van der Waals surface area contributed by atoms with Gasteiger partial charge in [-0.2, -0.15) is 0 Å². The van der Waals surface area contributed by atoms with Crippen molar-refractivity contribution in [2.45, 2.75) is 44.6 Å². The van der Waals surface area contributed by atoms with E-state index in [4.69, 9.17) is 5.11 Å². The van der Waals surface area contributed by atoms with Crippen LogP contribution in [0.3, 0.4) is 0 Å². The quantitative estimate of drug-likeness (QED) is 0.906. The predicted molar refractivity (Wildman–Crippen MR) is 78.2 cm³/mol. The molecule has 0 aromatic carbocycles. The minimum Gasteiger partial charge on any atom is -0.481 e. The molecular weight excluding hydrogens is 268 g/mol. The summed E-state index contributed by atoms with van der Waals surface area (Å²) < 4.78 is 2.10. The van der Waals surface area contributed by atoms with Crippen molar-refractivity contribution in [2.75, 3.05) is 13.1 Å². The Labute approximate surface area is 124 Å². The Hall–Kier alpha value is -1.78. The van der Waals surface area contributed by atoms with E-state index in [9.17, 15) is 9.59 Å². The van der Waals surface area contributed by atoms with E-state index in [0.717, 1.165) is 37.9 Å². The summed E-state index contributed by atoms with van der Waals surface area (Å²) in [5, 5.41) is 8.79. The number of piperidine rings is 1. The van der Waals surface area contributed by atoms with Crippen LogP contribution in [0.2, 0.25) is 0 Å². The SMILES string of the molecule is O=C(O)CCC1CCCN(C(=O)c2cccn2C2CC2)C1.